The van der Waals surface area contributed by atoms with Gasteiger partial charge in [-0.3, -0.25) is 9.89 Å². The van der Waals surface area contributed by atoms with Crippen molar-refractivity contribution in [3.8, 4) is 0 Å². The summed E-state index contributed by atoms with van der Waals surface area (Å²) in [7, 11) is 0. The Morgan fingerprint density at radius 1 is 1.29 bits per heavy atom. The van der Waals surface area contributed by atoms with E-state index in [2.05, 4.69) is 15.5 Å². The molecule has 0 spiro atoms. The first-order valence-corrected chi connectivity index (χ1v) is 6.98. The van der Waals surface area contributed by atoms with Crippen molar-refractivity contribution in [1.82, 2.24) is 15.5 Å². The van der Waals surface area contributed by atoms with E-state index in [0.717, 1.165) is 22.0 Å². The fourth-order valence-electron chi connectivity index (χ4n) is 2.21. The quantitative estimate of drug-likeness (QED) is 0.778. The molecule has 0 atom stereocenters. The van der Waals surface area contributed by atoms with Gasteiger partial charge in [-0.2, -0.15) is 5.10 Å². The zero-order valence-corrected chi connectivity index (χ0v) is 12.2. The van der Waals surface area contributed by atoms with Gasteiger partial charge < -0.3 is 5.32 Å². The van der Waals surface area contributed by atoms with E-state index in [4.69, 9.17) is 11.6 Å². The molecule has 0 saturated carbocycles. The van der Waals surface area contributed by atoms with Crippen molar-refractivity contribution in [2.24, 2.45) is 0 Å². The monoisotopic (exact) mass is 299 g/mol. The number of aryl methyl sites for hydroxylation is 1. The van der Waals surface area contributed by atoms with Gasteiger partial charge in [-0.25, -0.2) is 0 Å². The van der Waals surface area contributed by atoms with Gasteiger partial charge in [-0.15, -0.1) is 0 Å². The lowest BCUT2D eigenvalue weighted by molar-refractivity contribution is 0.0947. The first-order valence-electron chi connectivity index (χ1n) is 6.61. The van der Waals surface area contributed by atoms with E-state index in [-0.39, 0.29) is 5.91 Å². The molecule has 1 heterocycles. The Hall–Kier alpha value is -2.33. The maximum absolute atomic E-state index is 12.3. The van der Waals surface area contributed by atoms with E-state index >= 15 is 0 Å². The molecule has 106 valence electrons. The molecule has 4 nitrogen and oxygen atoms in total. The normalized spacial score (nSPS) is 10.8. The van der Waals surface area contributed by atoms with Crippen LogP contribution in [-0.2, 0) is 6.54 Å². The number of benzene rings is 2. The maximum Gasteiger partial charge on any atom is 0.272 e. The molecule has 2 N–H and O–H groups in total. The molecular formula is C16H14ClN3O. The minimum absolute atomic E-state index is 0.202. The zero-order valence-electron chi connectivity index (χ0n) is 11.5. The Balaban J connectivity index is 1.79. The molecule has 3 aromatic rings. The van der Waals surface area contributed by atoms with Crippen molar-refractivity contribution < 1.29 is 4.79 Å². The molecule has 0 saturated heterocycles. The van der Waals surface area contributed by atoms with Crippen molar-refractivity contribution in [2.75, 3.05) is 0 Å². The number of rotatable bonds is 3. The minimum atomic E-state index is -0.202. The van der Waals surface area contributed by atoms with Crippen LogP contribution in [0.25, 0.3) is 10.9 Å². The average Bonchev–Trinajstić information content (AvgIpc) is 2.88. The summed E-state index contributed by atoms with van der Waals surface area (Å²) in [6.07, 6.45) is 0. The third-order valence-corrected chi connectivity index (χ3v) is 3.51. The number of aromatic amines is 1. The summed E-state index contributed by atoms with van der Waals surface area (Å²) < 4.78 is 0. The number of fused-ring (bicyclic) bond motifs is 1. The highest BCUT2D eigenvalue weighted by atomic mass is 35.5. The molecule has 1 amide bonds. The number of nitrogens with zero attached hydrogens (tertiary/aromatic N) is 1. The molecule has 2 aromatic carbocycles. The second-order valence-corrected chi connectivity index (χ2v) is 5.37. The second-order valence-electron chi connectivity index (χ2n) is 4.93. The van der Waals surface area contributed by atoms with E-state index in [0.29, 0.717) is 17.3 Å². The fraction of sp³-hybridized carbons (Fsp3) is 0.125. The van der Waals surface area contributed by atoms with Gasteiger partial charge in [0.15, 0.2) is 5.69 Å². The average molecular weight is 300 g/mol. The summed E-state index contributed by atoms with van der Waals surface area (Å²) in [5.41, 5.74) is 3.31. The van der Waals surface area contributed by atoms with Crippen molar-refractivity contribution >= 4 is 28.4 Å². The van der Waals surface area contributed by atoms with E-state index in [1.165, 1.54) is 0 Å². The Morgan fingerprint density at radius 3 is 2.95 bits per heavy atom. The number of nitrogens with one attached hydrogen (secondary N) is 2. The van der Waals surface area contributed by atoms with Crippen LogP contribution in [0.3, 0.4) is 0 Å². The summed E-state index contributed by atoms with van der Waals surface area (Å²) in [6, 6.07) is 13.3. The van der Waals surface area contributed by atoms with Gasteiger partial charge in [0.2, 0.25) is 0 Å². The number of hydrogen-bond acceptors (Lipinski definition) is 2. The predicted octanol–water partition coefficient (Wildman–Crippen LogP) is 3.45. The van der Waals surface area contributed by atoms with E-state index in [1.807, 2.05) is 43.3 Å². The largest absolute Gasteiger partial charge is 0.347 e. The Labute approximate surface area is 127 Å². The van der Waals surface area contributed by atoms with Crippen LogP contribution < -0.4 is 5.32 Å². The molecular weight excluding hydrogens is 286 g/mol. The topological polar surface area (TPSA) is 57.8 Å². The molecule has 0 aliphatic heterocycles. The van der Waals surface area contributed by atoms with Gasteiger partial charge in [0, 0.05) is 17.0 Å². The molecule has 21 heavy (non-hydrogen) atoms. The first kappa shape index (κ1) is 13.6. The lowest BCUT2D eigenvalue weighted by Gasteiger charge is -2.04. The minimum Gasteiger partial charge on any atom is -0.347 e. The molecule has 0 aliphatic carbocycles. The van der Waals surface area contributed by atoms with Crippen LogP contribution in [0.1, 0.15) is 21.6 Å². The highest BCUT2D eigenvalue weighted by molar-refractivity contribution is 6.30. The van der Waals surface area contributed by atoms with Gasteiger partial charge in [-0.05, 0) is 36.8 Å². The number of H-pyrrole nitrogens is 1. The molecule has 0 radical (unpaired) electrons. The third kappa shape index (κ3) is 2.90. The number of carbonyl (C=O) groups excluding carboxylic acids is 1. The van der Waals surface area contributed by atoms with Crippen LogP contribution in [0.2, 0.25) is 5.02 Å². The molecule has 0 fully saturated rings. The number of halogens is 1. The van der Waals surface area contributed by atoms with Crippen LogP contribution in [0.15, 0.2) is 42.5 Å². The summed E-state index contributed by atoms with van der Waals surface area (Å²) in [6.45, 7) is 2.40. The summed E-state index contributed by atoms with van der Waals surface area (Å²) in [5.74, 6) is -0.202. The predicted molar refractivity (Wildman–Crippen MR) is 83.5 cm³/mol. The van der Waals surface area contributed by atoms with Crippen LogP contribution >= 0.6 is 11.6 Å². The lowest BCUT2D eigenvalue weighted by atomic mass is 10.1. The number of hydrogen-bond donors (Lipinski definition) is 2. The Kier molecular flexibility index (Phi) is 3.62. The van der Waals surface area contributed by atoms with Crippen LogP contribution in [-0.4, -0.2) is 16.1 Å². The standard InChI is InChI=1S/C16H14ClN3O/c1-10-5-6-14-13(7-10)15(20-19-14)16(21)18-9-11-3-2-4-12(17)8-11/h2-8H,9H2,1H3,(H,18,21)(H,19,20). The maximum atomic E-state index is 12.3. The van der Waals surface area contributed by atoms with E-state index in [9.17, 15) is 4.79 Å². The second kappa shape index (κ2) is 5.58. The fourth-order valence-corrected chi connectivity index (χ4v) is 2.43. The first-order chi connectivity index (χ1) is 10.1. The Morgan fingerprint density at radius 2 is 2.14 bits per heavy atom. The number of amides is 1. The highest BCUT2D eigenvalue weighted by Gasteiger charge is 2.13. The van der Waals surface area contributed by atoms with Gasteiger partial charge in [0.05, 0.1) is 5.52 Å². The van der Waals surface area contributed by atoms with Crippen LogP contribution in [0.5, 0.6) is 0 Å². The molecule has 0 aliphatic rings. The molecule has 0 unspecified atom stereocenters. The highest BCUT2D eigenvalue weighted by Crippen LogP contribution is 2.17. The van der Waals surface area contributed by atoms with E-state index < -0.39 is 0 Å². The van der Waals surface area contributed by atoms with Crippen molar-refractivity contribution in [3.05, 3.63) is 64.3 Å². The molecule has 3 rings (SSSR count). The third-order valence-electron chi connectivity index (χ3n) is 3.28. The zero-order chi connectivity index (χ0) is 14.8. The molecule has 1 aromatic heterocycles. The van der Waals surface area contributed by atoms with Gasteiger partial charge in [0.1, 0.15) is 0 Å². The Bertz CT molecular complexity index is 810. The van der Waals surface area contributed by atoms with Crippen molar-refractivity contribution in [1.29, 1.82) is 0 Å². The summed E-state index contributed by atoms with van der Waals surface area (Å²) in [4.78, 5) is 12.3. The number of aromatic nitrogens is 2. The van der Waals surface area contributed by atoms with Gasteiger partial charge in [0.25, 0.3) is 5.91 Å². The molecule has 5 heteroatoms. The van der Waals surface area contributed by atoms with Crippen molar-refractivity contribution in [3.63, 3.8) is 0 Å². The van der Waals surface area contributed by atoms with Gasteiger partial charge in [-0.1, -0.05) is 35.4 Å². The summed E-state index contributed by atoms with van der Waals surface area (Å²) in [5, 5.41) is 11.3. The van der Waals surface area contributed by atoms with E-state index in [1.54, 1.807) is 6.07 Å². The lowest BCUT2D eigenvalue weighted by Crippen LogP contribution is -2.23. The van der Waals surface area contributed by atoms with Crippen molar-refractivity contribution in [2.45, 2.75) is 13.5 Å². The SMILES string of the molecule is Cc1ccc2[nH]nc(C(=O)NCc3cccc(Cl)c3)c2c1. The number of carbonyl (C=O) groups is 1. The summed E-state index contributed by atoms with van der Waals surface area (Å²) >= 11 is 5.93. The van der Waals surface area contributed by atoms with Gasteiger partial charge >= 0.3 is 0 Å². The smallest absolute Gasteiger partial charge is 0.272 e. The van der Waals surface area contributed by atoms with Crippen LogP contribution in [0, 0.1) is 6.92 Å². The molecule has 0 bridgehead atoms. The van der Waals surface area contributed by atoms with Crippen LogP contribution in [0.4, 0.5) is 0 Å².